The number of nitrogens with two attached hydrogens (primary N) is 1. The monoisotopic (exact) mass is 340 g/mol. The number of rotatable bonds is 5. The fourth-order valence-corrected chi connectivity index (χ4v) is 2.39. The van der Waals surface area contributed by atoms with Crippen molar-refractivity contribution in [3.63, 3.8) is 0 Å². The molecule has 0 fully saturated rings. The number of aromatic nitrogens is 2. The summed E-state index contributed by atoms with van der Waals surface area (Å²) in [5.74, 6) is 1.03. The Morgan fingerprint density at radius 1 is 1.25 bits per heavy atom. The van der Waals surface area contributed by atoms with Crippen LogP contribution in [0.5, 0.6) is 5.75 Å². The largest absolute Gasteiger partial charge is 0.488 e. The molecule has 6 heteroatoms. The number of ether oxygens (including phenoxy) is 1. The van der Waals surface area contributed by atoms with Crippen LogP contribution in [0.1, 0.15) is 16.8 Å². The second-order valence-electron chi connectivity index (χ2n) is 5.29. The molecule has 5 nitrogen and oxygen atoms in total. The topological polar surface area (TPSA) is 65.4 Å². The molecule has 0 spiro atoms. The molecular formula is C18H17ClN4O. The van der Waals surface area contributed by atoms with Gasteiger partial charge in [-0.05, 0) is 30.7 Å². The first-order valence-electron chi connectivity index (χ1n) is 7.44. The number of hydrogen-bond donors (Lipinski definition) is 1. The summed E-state index contributed by atoms with van der Waals surface area (Å²) in [5.41, 5.74) is 8.45. The first-order chi connectivity index (χ1) is 11.6. The average molecular weight is 341 g/mol. The first kappa shape index (κ1) is 16.1. The average Bonchev–Trinajstić information content (AvgIpc) is 2.90. The van der Waals surface area contributed by atoms with Gasteiger partial charge in [0.15, 0.2) is 0 Å². The Bertz CT molecular complexity index is 859. The van der Waals surface area contributed by atoms with Crippen molar-refractivity contribution < 1.29 is 4.74 Å². The highest BCUT2D eigenvalue weighted by molar-refractivity contribution is 6.30. The van der Waals surface area contributed by atoms with Crippen molar-refractivity contribution in [3.8, 4) is 5.75 Å². The highest BCUT2D eigenvalue weighted by Crippen LogP contribution is 2.22. The van der Waals surface area contributed by atoms with E-state index in [1.807, 2.05) is 43.3 Å². The number of nitrogen functional groups attached to an aromatic ring is 1. The first-order valence-corrected chi connectivity index (χ1v) is 7.82. The van der Waals surface area contributed by atoms with Crippen LogP contribution in [0.2, 0.25) is 5.02 Å². The lowest BCUT2D eigenvalue weighted by Gasteiger charge is -2.09. The number of hydrogen-bond acceptors (Lipinski definition) is 4. The van der Waals surface area contributed by atoms with E-state index >= 15 is 0 Å². The standard InChI is InChI=1S/C18H17ClN4O/c1-13-11-23(18(20)22-13)21-10-15-9-16(19)7-8-17(15)24-12-14-5-3-2-4-6-14/h2-11H,12H2,1H3,(H2,20,22). The van der Waals surface area contributed by atoms with Gasteiger partial charge in [-0.1, -0.05) is 41.9 Å². The molecule has 3 rings (SSSR count). The van der Waals surface area contributed by atoms with Crippen LogP contribution in [-0.2, 0) is 6.61 Å². The summed E-state index contributed by atoms with van der Waals surface area (Å²) in [7, 11) is 0. The second-order valence-corrected chi connectivity index (χ2v) is 5.72. The maximum Gasteiger partial charge on any atom is 0.221 e. The lowest BCUT2D eigenvalue weighted by atomic mass is 10.2. The van der Waals surface area contributed by atoms with Crippen LogP contribution >= 0.6 is 11.6 Å². The second kappa shape index (κ2) is 7.19. The SMILES string of the molecule is Cc1cn(N=Cc2cc(Cl)ccc2OCc2ccccc2)c(N)n1. The Morgan fingerprint density at radius 3 is 2.75 bits per heavy atom. The van der Waals surface area contributed by atoms with Gasteiger partial charge in [0, 0.05) is 10.6 Å². The van der Waals surface area contributed by atoms with Crippen molar-refractivity contribution >= 4 is 23.8 Å². The van der Waals surface area contributed by atoms with Crippen molar-refractivity contribution in [2.75, 3.05) is 5.73 Å². The van der Waals surface area contributed by atoms with Crippen LogP contribution in [0.25, 0.3) is 0 Å². The summed E-state index contributed by atoms with van der Waals surface area (Å²) < 4.78 is 7.41. The molecule has 0 saturated carbocycles. The van der Waals surface area contributed by atoms with E-state index in [1.54, 1.807) is 24.5 Å². The van der Waals surface area contributed by atoms with Gasteiger partial charge in [0.25, 0.3) is 0 Å². The minimum atomic E-state index is 0.331. The number of halogens is 1. The fraction of sp³-hybridized carbons (Fsp3) is 0.111. The van der Waals surface area contributed by atoms with Gasteiger partial charge in [0.05, 0.1) is 18.1 Å². The Labute approximate surface area is 145 Å². The number of benzene rings is 2. The molecule has 0 bridgehead atoms. The van der Waals surface area contributed by atoms with Crippen LogP contribution < -0.4 is 10.5 Å². The Hall–Kier alpha value is -2.79. The van der Waals surface area contributed by atoms with Gasteiger partial charge in [-0.3, -0.25) is 0 Å². The molecule has 0 unspecified atom stereocenters. The maximum atomic E-state index is 6.09. The summed E-state index contributed by atoms with van der Waals surface area (Å²) in [4.78, 5) is 4.11. The summed E-state index contributed by atoms with van der Waals surface area (Å²) in [6.45, 7) is 2.33. The Kier molecular flexibility index (Phi) is 4.82. The minimum Gasteiger partial charge on any atom is -0.488 e. The molecule has 0 aliphatic carbocycles. The van der Waals surface area contributed by atoms with Crippen molar-refractivity contribution in [1.82, 2.24) is 9.66 Å². The summed E-state index contributed by atoms with van der Waals surface area (Å²) in [6.07, 6.45) is 3.41. The molecule has 1 aromatic heterocycles. The third kappa shape index (κ3) is 3.94. The van der Waals surface area contributed by atoms with E-state index in [0.717, 1.165) is 16.8 Å². The highest BCUT2D eigenvalue weighted by atomic mass is 35.5. The van der Waals surface area contributed by atoms with E-state index in [-0.39, 0.29) is 0 Å². The van der Waals surface area contributed by atoms with Crippen molar-refractivity contribution in [2.45, 2.75) is 13.5 Å². The van der Waals surface area contributed by atoms with Crippen molar-refractivity contribution in [1.29, 1.82) is 0 Å². The molecule has 0 amide bonds. The molecule has 1 heterocycles. The van der Waals surface area contributed by atoms with Crippen LogP contribution in [0.15, 0.2) is 59.8 Å². The zero-order valence-electron chi connectivity index (χ0n) is 13.2. The van der Waals surface area contributed by atoms with Gasteiger partial charge in [-0.25, -0.2) is 9.66 Å². The number of nitrogens with zero attached hydrogens (tertiary/aromatic N) is 3. The van der Waals surface area contributed by atoms with E-state index in [1.165, 1.54) is 4.68 Å². The number of anilines is 1. The molecule has 122 valence electrons. The molecule has 0 aliphatic heterocycles. The zero-order valence-corrected chi connectivity index (χ0v) is 13.9. The quantitative estimate of drug-likeness (QED) is 0.716. The molecular weight excluding hydrogens is 324 g/mol. The lowest BCUT2D eigenvalue weighted by molar-refractivity contribution is 0.306. The molecule has 24 heavy (non-hydrogen) atoms. The zero-order chi connectivity index (χ0) is 16.9. The third-order valence-corrected chi connectivity index (χ3v) is 3.60. The molecule has 3 aromatic rings. The molecule has 0 saturated heterocycles. The Morgan fingerprint density at radius 2 is 2.04 bits per heavy atom. The number of aryl methyl sites for hydroxylation is 1. The van der Waals surface area contributed by atoms with Crippen molar-refractivity contribution in [2.24, 2.45) is 5.10 Å². The highest BCUT2D eigenvalue weighted by Gasteiger charge is 2.05. The molecule has 0 radical (unpaired) electrons. The molecule has 0 aliphatic rings. The van der Waals surface area contributed by atoms with E-state index in [2.05, 4.69) is 10.1 Å². The van der Waals surface area contributed by atoms with Crippen LogP contribution in [0, 0.1) is 6.92 Å². The summed E-state index contributed by atoms with van der Waals surface area (Å²) in [5, 5.41) is 4.93. The predicted molar refractivity (Wildman–Crippen MR) is 96.6 cm³/mol. The van der Waals surface area contributed by atoms with Gasteiger partial charge in [0.2, 0.25) is 5.95 Å². The van der Waals surface area contributed by atoms with Crippen LogP contribution in [-0.4, -0.2) is 15.9 Å². The lowest BCUT2D eigenvalue weighted by Crippen LogP contribution is -2.00. The van der Waals surface area contributed by atoms with Gasteiger partial charge >= 0.3 is 0 Å². The smallest absolute Gasteiger partial charge is 0.221 e. The van der Waals surface area contributed by atoms with E-state index in [0.29, 0.717) is 23.3 Å². The summed E-state index contributed by atoms with van der Waals surface area (Å²) >= 11 is 6.09. The number of imidazole rings is 1. The predicted octanol–water partition coefficient (Wildman–Crippen LogP) is 3.89. The van der Waals surface area contributed by atoms with E-state index < -0.39 is 0 Å². The van der Waals surface area contributed by atoms with Crippen LogP contribution in [0.4, 0.5) is 5.95 Å². The van der Waals surface area contributed by atoms with Crippen LogP contribution in [0.3, 0.4) is 0 Å². The van der Waals surface area contributed by atoms with Crippen molar-refractivity contribution in [3.05, 3.63) is 76.6 Å². The Balaban J connectivity index is 1.81. The molecule has 2 aromatic carbocycles. The van der Waals surface area contributed by atoms with Gasteiger partial charge < -0.3 is 10.5 Å². The molecule has 2 N–H and O–H groups in total. The van der Waals surface area contributed by atoms with Gasteiger partial charge in [-0.2, -0.15) is 5.10 Å². The maximum absolute atomic E-state index is 6.09. The normalized spacial score (nSPS) is 11.1. The van der Waals surface area contributed by atoms with E-state index in [4.69, 9.17) is 22.1 Å². The fourth-order valence-electron chi connectivity index (χ4n) is 2.21. The van der Waals surface area contributed by atoms with Gasteiger partial charge in [0.1, 0.15) is 12.4 Å². The van der Waals surface area contributed by atoms with Gasteiger partial charge in [-0.15, -0.1) is 0 Å². The molecule has 0 atom stereocenters. The third-order valence-electron chi connectivity index (χ3n) is 3.36. The van der Waals surface area contributed by atoms with E-state index in [9.17, 15) is 0 Å². The summed E-state index contributed by atoms with van der Waals surface area (Å²) in [6, 6.07) is 15.4. The minimum absolute atomic E-state index is 0.331.